The molecule has 1 aromatic carbocycles. The summed E-state index contributed by atoms with van der Waals surface area (Å²) >= 11 is 6.20. The van der Waals surface area contributed by atoms with Crippen molar-refractivity contribution in [3.8, 4) is 0 Å². The summed E-state index contributed by atoms with van der Waals surface area (Å²) in [6.07, 6.45) is 3.59. The van der Waals surface area contributed by atoms with Gasteiger partial charge in [0.05, 0.1) is 9.26 Å². The van der Waals surface area contributed by atoms with E-state index in [-0.39, 0.29) is 0 Å². The Morgan fingerprint density at radius 1 is 1.14 bits per heavy atom. The van der Waals surface area contributed by atoms with E-state index in [1.807, 2.05) is 0 Å². The number of amidine groups is 1. The van der Waals surface area contributed by atoms with Crippen LogP contribution in [0.2, 0.25) is 0 Å². The molecule has 0 aliphatic rings. The van der Waals surface area contributed by atoms with E-state index in [1.54, 1.807) is 0 Å². The number of hydrogen-bond acceptors (Lipinski definition) is 1. The summed E-state index contributed by atoms with van der Waals surface area (Å²) in [5, 5.41) is 0. The molecule has 124 valence electrons. The molecule has 0 aromatic heterocycles. The van der Waals surface area contributed by atoms with E-state index in [1.165, 1.54) is 37.6 Å². The first kappa shape index (κ1) is 19.9. The highest BCUT2D eigenvalue weighted by molar-refractivity contribution is 14.1. The fourth-order valence-electron chi connectivity index (χ4n) is 2.77. The number of halogens is 2. The van der Waals surface area contributed by atoms with Crippen molar-refractivity contribution in [1.29, 1.82) is 0 Å². The molecule has 2 nitrogen and oxygen atoms in total. The van der Waals surface area contributed by atoms with Crippen molar-refractivity contribution in [3.05, 3.63) is 24.7 Å². The SMILES string of the molecule is CCCCc1c(C)c(Br)c(I)c(/N=C(\C)N(CC)CC)c1C. The summed E-state index contributed by atoms with van der Waals surface area (Å²) in [7, 11) is 0. The van der Waals surface area contributed by atoms with Gasteiger partial charge in [0.25, 0.3) is 0 Å². The molecule has 0 fully saturated rings. The van der Waals surface area contributed by atoms with Crippen molar-refractivity contribution in [2.75, 3.05) is 13.1 Å². The Kier molecular flexibility index (Phi) is 8.39. The Hall–Kier alpha value is -0.100. The van der Waals surface area contributed by atoms with Crippen molar-refractivity contribution in [3.63, 3.8) is 0 Å². The highest BCUT2D eigenvalue weighted by Gasteiger charge is 2.17. The van der Waals surface area contributed by atoms with Crippen LogP contribution in [0.25, 0.3) is 0 Å². The van der Waals surface area contributed by atoms with Crippen molar-refractivity contribution < 1.29 is 0 Å². The highest BCUT2D eigenvalue weighted by Crippen LogP contribution is 2.38. The molecule has 1 aromatic rings. The van der Waals surface area contributed by atoms with Gasteiger partial charge in [-0.1, -0.05) is 13.3 Å². The van der Waals surface area contributed by atoms with Crippen LogP contribution in [0.1, 0.15) is 57.2 Å². The summed E-state index contributed by atoms with van der Waals surface area (Å²) in [6.45, 7) is 15.2. The summed E-state index contributed by atoms with van der Waals surface area (Å²) < 4.78 is 2.43. The summed E-state index contributed by atoms with van der Waals surface area (Å²) in [6, 6.07) is 0. The van der Waals surface area contributed by atoms with Crippen LogP contribution < -0.4 is 0 Å². The summed E-state index contributed by atoms with van der Waals surface area (Å²) in [4.78, 5) is 7.28. The van der Waals surface area contributed by atoms with Gasteiger partial charge in [0.2, 0.25) is 0 Å². The maximum atomic E-state index is 4.98. The number of unbranched alkanes of at least 4 members (excludes halogenated alkanes) is 1. The molecule has 0 bridgehead atoms. The maximum absolute atomic E-state index is 4.98. The standard InChI is InChI=1S/C18H28BrIN2/c1-7-10-11-15-12(4)16(19)17(20)18(13(15)5)21-14(6)22(8-2)9-3/h7-11H2,1-6H3/b21-14+. The fraction of sp³-hybridized carbons (Fsp3) is 0.611. The molecule has 22 heavy (non-hydrogen) atoms. The second-order valence-electron chi connectivity index (χ2n) is 5.64. The van der Waals surface area contributed by atoms with Crippen LogP contribution in [0, 0.1) is 17.4 Å². The lowest BCUT2D eigenvalue weighted by Gasteiger charge is -2.22. The molecule has 4 heteroatoms. The molecule has 0 spiro atoms. The molecular weight excluding hydrogens is 451 g/mol. The first-order valence-electron chi connectivity index (χ1n) is 8.16. The smallest absolute Gasteiger partial charge is 0.102 e. The molecule has 0 amide bonds. The van der Waals surface area contributed by atoms with E-state index in [9.17, 15) is 0 Å². The highest BCUT2D eigenvalue weighted by atomic mass is 127. The lowest BCUT2D eigenvalue weighted by Crippen LogP contribution is -2.28. The minimum absolute atomic E-state index is 0.997. The Labute approximate surface area is 158 Å². The molecule has 0 atom stereocenters. The van der Waals surface area contributed by atoms with E-state index >= 15 is 0 Å². The zero-order valence-electron chi connectivity index (χ0n) is 14.7. The van der Waals surface area contributed by atoms with E-state index in [0.717, 1.165) is 31.0 Å². The minimum Gasteiger partial charge on any atom is -0.361 e. The van der Waals surface area contributed by atoms with E-state index in [2.05, 4.69) is 85.0 Å². The zero-order chi connectivity index (χ0) is 16.9. The Balaban J connectivity index is 3.41. The van der Waals surface area contributed by atoms with Crippen molar-refractivity contribution >= 4 is 50.0 Å². The third-order valence-corrected chi connectivity index (χ3v) is 7.05. The molecule has 0 aliphatic heterocycles. The summed E-state index contributed by atoms with van der Waals surface area (Å²) in [5.41, 5.74) is 5.30. The van der Waals surface area contributed by atoms with Gasteiger partial charge in [0, 0.05) is 17.6 Å². The molecule has 0 heterocycles. The van der Waals surface area contributed by atoms with Crippen LogP contribution in [0.5, 0.6) is 0 Å². The fourth-order valence-corrected chi connectivity index (χ4v) is 4.12. The first-order chi connectivity index (χ1) is 10.4. The van der Waals surface area contributed by atoms with Crippen molar-refractivity contribution in [1.82, 2.24) is 4.90 Å². The van der Waals surface area contributed by atoms with Gasteiger partial charge in [-0.3, -0.25) is 0 Å². The van der Waals surface area contributed by atoms with Crippen molar-refractivity contribution in [2.45, 2.75) is 60.8 Å². The molecule has 0 N–H and O–H groups in total. The summed E-state index contributed by atoms with van der Waals surface area (Å²) in [5.74, 6) is 1.10. The number of aliphatic imine (C=N–C) groups is 1. The normalized spacial score (nSPS) is 11.9. The number of hydrogen-bond donors (Lipinski definition) is 0. The largest absolute Gasteiger partial charge is 0.361 e. The zero-order valence-corrected chi connectivity index (χ0v) is 18.4. The van der Waals surface area contributed by atoms with E-state index in [4.69, 9.17) is 4.99 Å². The van der Waals surface area contributed by atoms with Crippen molar-refractivity contribution in [2.24, 2.45) is 4.99 Å². The van der Waals surface area contributed by atoms with Crippen LogP contribution >= 0.6 is 38.5 Å². The molecule has 0 aliphatic carbocycles. The van der Waals surface area contributed by atoms with Gasteiger partial charge in [-0.25, -0.2) is 4.99 Å². The Morgan fingerprint density at radius 3 is 2.23 bits per heavy atom. The predicted octanol–water partition coefficient (Wildman–Crippen LogP) is 6.40. The van der Waals surface area contributed by atoms with Gasteiger partial charge < -0.3 is 4.90 Å². The number of nitrogens with zero attached hydrogens (tertiary/aromatic N) is 2. The maximum Gasteiger partial charge on any atom is 0.102 e. The minimum atomic E-state index is 0.997. The third-order valence-electron chi connectivity index (χ3n) is 4.27. The van der Waals surface area contributed by atoms with Crippen LogP contribution in [0.3, 0.4) is 0 Å². The first-order valence-corrected chi connectivity index (χ1v) is 10.0. The van der Waals surface area contributed by atoms with Crippen LogP contribution in [0.4, 0.5) is 5.69 Å². The second-order valence-corrected chi connectivity index (χ2v) is 7.51. The number of benzene rings is 1. The topological polar surface area (TPSA) is 15.6 Å². The lowest BCUT2D eigenvalue weighted by atomic mass is 9.96. The lowest BCUT2D eigenvalue weighted by molar-refractivity contribution is 0.463. The number of rotatable bonds is 6. The van der Waals surface area contributed by atoms with Gasteiger partial charge in [-0.05, 0) is 103 Å². The van der Waals surface area contributed by atoms with E-state index < -0.39 is 0 Å². The molecular formula is C18H28BrIN2. The average Bonchev–Trinajstić information content (AvgIpc) is 2.51. The van der Waals surface area contributed by atoms with Gasteiger partial charge >= 0.3 is 0 Å². The quantitative estimate of drug-likeness (QED) is 0.262. The van der Waals surface area contributed by atoms with E-state index in [0.29, 0.717) is 0 Å². The second kappa shape index (κ2) is 9.26. The van der Waals surface area contributed by atoms with Crippen LogP contribution in [0.15, 0.2) is 9.47 Å². The molecule has 1 rings (SSSR count). The Bertz CT molecular complexity index is 549. The molecule has 0 saturated carbocycles. The average molecular weight is 479 g/mol. The predicted molar refractivity (Wildman–Crippen MR) is 111 cm³/mol. The molecule has 0 unspecified atom stereocenters. The molecule has 0 radical (unpaired) electrons. The third kappa shape index (κ3) is 4.47. The Morgan fingerprint density at radius 2 is 1.73 bits per heavy atom. The van der Waals surface area contributed by atoms with Gasteiger partial charge in [-0.15, -0.1) is 0 Å². The van der Waals surface area contributed by atoms with Crippen LogP contribution in [-0.4, -0.2) is 23.8 Å². The molecule has 0 saturated heterocycles. The van der Waals surface area contributed by atoms with Gasteiger partial charge in [-0.2, -0.15) is 0 Å². The van der Waals surface area contributed by atoms with Gasteiger partial charge in [0.1, 0.15) is 5.84 Å². The van der Waals surface area contributed by atoms with Crippen LogP contribution in [-0.2, 0) is 6.42 Å². The monoisotopic (exact) mass is 478 g/mol. The van der Waals surface area contributed by atoms with Gasteiger partial charge in [0.15, 0.2) is 0 Å².